The average Bonchev–Trinajstić information content (AvgIpc) is 2.52. The maximum absolute atomic E-state index is 12.2. The summed E-state index contributed by atoms with van der Waals surface area (Å²) in [6.45, 7) is 1.88. The lowest BCUT2D eigenvalue weighted by atomic mass is 10.0. The molecule has 2 N–H and O–H groups in total. The van der Waals surface area contributed by atoms with E-state index in [0.717, 1.165) is 19.4 Å². The van der Waals surface area contributed by atoms with E-state index in [2.05, 4.69) is 22.1 Å². The summed E-state index contributed by atoms with van der Waals surface area (Å²) in [7, 11) is 0. The zero-order valence-electron chi connectivity index (χ0n) is 11.3. The third-order valence-corrected chi connectivity index (χ3v) is 3.17. The highest BCUT2D eigenvalue weighted by molar-refractivity contribution is 5.96. The molecule has 0 radical (unpaired) electrons. The largest absolute Gasteiger partial charge is 0.384 e. The van der Waals surface area contributed by atoms with E-state index in [1.807, 2.05) is 0 Å². The highest BCUT2D eigenvalue weighted by Gasteiger charge is 2.16. The van der Waals surface area contributed by atoms with E-state index in [-0.39, 0.29) is 12.5 Å². The van der Waals surface area contributed by atoms with Gasteiger partial charge in [0.25, 0.3) is 5.91 Å². The number of rotatable bonds is 3. The van der Waals surface area contributed by atoms with E-state index in [4.69, 9.17) is 9.84 Å². The Hall–Kier alpha value is -1.90. The van der Waals surface area contributed by atoms with Crippen LogP contribution in [-0.4, -0.2) is 42.4 Å². The van der Waals surface area contributed by atoms with Gasteiger partial charge in [0.1, 0.15) is 6.61 Å². The van der Waals surface area contributed by atoms with Gasteiger partial charge in [-0.3, -0.25) is 9.78 Å². The molecule has 1 saturated heterocycles. The summed E-state index contributed by atoms with van der Waals surface area (Å²) in [5, 5.41) is 11.6. The van der Waals surface area contributed by atoms with Crippen LogP contribution in [0, 0.1) is 17.8 Å². The molecule has 5 heteroatoms. The molecule has 1 unspecified atom stereocenters. The van der Waals surface area contributed by atoms with Crippen molar-refractivity contribution in [2.45, 2.75) is 12.8 Å². The molecule has 0 aliphatic carbocycles. The molecule has 2 heterocycles. The van der Waals surface area contributed by atoms with Crippen LogP contribution in [0.3, 0.4) is 0 Å². The number of ether oxygens (including phenoxy) is 1. The molecular weight excluding hydrogens is 256 g/mol. The number of pyridine rings is 1. The van der Waals surface area contributed by atoms with Crippen LogP contribution in [0.25, 0.3) is 0 Å². The predicted octanol–water partition coefficient (Wildman–Crippen LogP) is 0.582. The fourth-order valence-corrected chi connectivity index (χ4v) is 2.13. The molecule has 0 spiro atoms. The quantitative estimate of drug-likeness (QED) is 0.791. The molecule has 1 aromatic heterocycles. The van der Waals surface area contributed by atoms with Crippen LogP contribution in [0.2, 0.25) is 0 Å². The van der Waals surface area contributed by atoms with Crippen molar-refractivity contribution in [2.75, 3.05) is 26.4 Å². The number of aromatic nitrogens is 1. The van der Waals surface area contributed by atoms with Gasteiger partial charge in [-0.2, -0.15) is 0 Å². The molecule has 2 rings (SSSR count). The SMILES string of the molecule is O=C(NCC1CCCOC1)c1ccncc1C#CCO. The molecule has 106 valence electrons. The summed E-state index contributed by atoms with van der Waals surface area (Å²) in [6.07, 6.45) is 5.21. The molecule has 1 aromatic rings. The van der Waals surface area contributed by atoms with Crippen molar-refractivity contribution in [1.82, 2.24) is 10.3 Å². The first kappa shape index (κ1) is 14.5. The number of carbonyl (C=O) groups excluding carboxylic acids is 1. The number of aliphatic hydroxyl groups excluding tert-OH is 1. The van der Waals surface area contributed by atoms with E-state index in [1.165, 1.54) is 6.20 Å². The third kappa shape index (κ3) is 4.05. The second-order valence-corrected chi connectivity index (χ2v) is 4.67. The Labute approximate surface area is 118 Å². The van der Waals surface area contributed by atoms with Crippen molar-refractivity contribution in [3.8, 4) is 11.8 Å². The van der Waals surface area contributed by atoms with Gasteiger partial charge in [0.05, 0.1) is 17.7 Å². The smallest absolute Gasteiger partial charge is 0.252 e. The first-order chi connectivity index (χ1) is 9.81. The predicted molar refractivity (Wildman–Crippen MR) is 74.1 cm³/mol. The van der Waals surface area contributed by atoms with Crippen molar-refractivity contribution in [3.63, 3.8) is 0 Å². The summed E-state index contributed by atoms with van der Waals surface area (Å²) >= 11 is 0. The zero-order valence-corrected chi connectivity index (χ0v) is 11.3. The van der Waals surface area contributed by atoms with Gasteiger partial charge in [-0.25, -0.2) is 0 Å². The fourth-order valence-electron chi connectivity index (χ4n) is 2.13. The van der Waals surface area contributed by atoms with Crippen LogP contribution >= 0.6 is 0 Å². The second kappa shape index (κ2) is 7.63. The Morgan fingerprint density at radius 2 is 2.50 bits per heavy atom. The van der Waals surface area contributed by atoms with E-state index < -0.39 is 0 Å². The molecule has 1 aliphatic rings. The van der Waals surface area contributed by atoms with Crippen molar-refractivity contribution < 1.29 is 14.6 Å². The zero-order chi connectivity index (χ0) is 14.2. The molecule has 0 aromatic carbocycles. The summed E-state index contributed by atoms with van der Waals surface area (Å²) < 4.78 is 5.39. The number of nitrogens with one attached hydrogen (secondary N) is 1. The molecule has 0 bridgehead atoms. The van der Waals surface area contributed by atoms with Crippen molar-refractivity contribution in [2.24, 2.45) is 5.92 Å². The standard InChI is InChI=1S/C15H18N2O3/c18-7-1-4-13-10-16-6-5-14(13)15(19)17-9-12-3-2-8-20-11-12/h5-6,10,12,18H,2-3,7-9,11H2,(H,17,19). The van der Waals surface area contributed by atoms with Gasteiger partial charge >= 0.3 is 0 Å². The van der Waals surface area contributed by atoms with Crippen LogP contribution in [-0.2, 0) is 4.74 Å². The molecule has 0 saturated carbocycles. The number of carbonyl (C=O) groups is 1. The van der Waals surface area contributed by atoms with E-state index >= 15 is 0 Å². The molecule has 5 nitrogen and oxygen atoms in total. The van der Waals surface area contributed by atoms with Gasteiger partial charge in [0, 0.05) is 25.5 Å². The second-order valence-electron chi connectivity index (χ2n) is 4.67. The minimum atomic E-state index is -0.241. The first-order valence-electron chi connectivity index (χ1n) is 6.71. The van der Waals surface area contributed by atoms with Crippen molar-refractivity contribution in [3.05, 3.63) is 29.6 Å². The van der Waals surface area contributed by atoms with Gasteiger partial charge in [0.2, 0.25) is 0 Å². The van der Waals surface area contributed by atoms with Crippen molar-refractivity contribution >= 4 is 5.91 Å². The Kier molecular flexibility index (Phi) is 5.54. The lowest BCUT2D eigenvalue weighted by Gasteiger charge is -2.22. The van der Waals surface area contributed by atoms with Gasteiger partial charge in [-0.1, -0.05) is 11.8 Å². The molecule has 1 atom stereocenters. The van der Waals surface area contributed by atoms with E-state index in [9.17, 15) is 4.79 Å². The van der Waals surface area contributed by atoms with Crippen LogP contribution in [0.5, 0.6) is 0 Å². The van der Waals surface area contributed by atoms with Crippen LogP contribution in [0.1, 0.15) is 28.8 Å². The van der Waals surface area contributed by atoms with Gasteiger partial charge in [-0.15, -0.1) is 0 Å². The lowest BCUT2D eigenvalue weighted by Crippen LogP contribution is -2.33. The number of nitrogens with zero attached hydrogens (tertiary/aromatic N) is 1. The molecule has 1 amide bonds. The molecule has 1 aliphatic heterocycles. The molecule has 1 fully saturated rings. The highest BCUT2D eigenvalue weighted by Crippen LogP contribution is 2.13. The lowest BCUT2D eigenvalue weighted by molar-refractivity contribution is 0.0536. The Bertz CT molecular complexity index is 513. The van der Waals surface area contributed by atoms with E-state index in [1.54, 1.807) is 12.3 Å². The third-order valence-electron chi connectivity index (χ3n) is 3.17. The summed E-state index contributed by atoms with van der Waals surface area (Å²) in [5.41, 5.74) is 1.01. The number of aliphatic hydroxyl groups is 1. The topological polar surface area (TPSA) is 71.5 Å². The average molecular weight is 274 g/mol. The minimum absolute atomic E-state index is 0.166. The monoisotopic (exact) mass is 274 g/mol. The van der Waals surface area contributed by atoms with Crippen LogP contribution in [0.15, 0.2) is 18.5 Å². The first-order valence-corrected chi connectivity index (χ1v) is 6.71. The highest BCUT2D eigenvalue weighted by atomic mass is 16.5. The Morgan fingerprint density at radius 1 is 1.60 bits per heavy atom. The maximum atomic E-state index is 12.2. The van der Waals surface area contributed by atoms with E-state index in [0.29, 0.717) is 30.2 Å². The Balaban J connectivity index is 1.97. The molecular formula is C15H18N2O3. The fraction of sp³-hybridized carbons (Fsp3) is 0.467. The summed E-state index contributed by atoms with van der Waals surface area (Å²) in [4.78, 5) is 16.1. The summed E-state index contributed by atoms with van der Waals surface area (Å²) in [5.74, 6) is 5.47. The normalized spacial score (nSPS) is 17.9. The number of hydrogen-bond donors (Lipinski definition) is 2. The number of hydrogen-bond acceptors (Lipinski definition) is 4. The summed E-state index contributed by atoms with van der Waals surface area (Å²) in [6, 6.07) is 1.63. The van der Waals surface area contributed by atoms with Crippen LogP contribution in [0.4, 0.5) is 0 Å². The Morgan fingerprint density at radius 3 is 3.25 bits per heavy atom. The molecule has 20 heavy (non-hydrogen) atoms. The minimum Gasteiger partial charge on any atom is -0.384 e. The van der Waals surface area contributed by atoms with Crippen molar-refractivity contribution in [1.29, 1.82) is 0 Å². The van der Waals surface area contributed by atoms with Gasteiger partial charge in [0.15, 0.2) is 0 Å². The van der Waals surface area contributed by atoms with Gasteiger partial charge in [-0.05, 0) is 24.8 Å². The number of amides is 1. The van der Waals surface area contributed by atoms with Gasteiger partial charge < -0.3 is 15.2 Å². The maximum Gasteiger partial charge on any atom is 0.252 e. The van der Waals surface area contributed by atoms with Crippen LogP contribution < -0.4 is 5.32 Å².